The Hall–Kier alpha value is -2.46. The number of aliphatic hydroxyl groups is 1. The zero-order valence-electron chi connectivity index (χ0n) is 23.3. The van der Waals surface area contributed by atoms with Gasteiger partial charge in [-0.1, -0.05) is 26.3 Å². The molecule has 212 valence electrons. The van der Waals surface area contributed by atoms with Crippen molar-refractivity contribution in [1.29, 1.82) is 0 Å². The van der Waals surface area contributed by atoms with Gasteiger partial charge in [0.1, 0.15) is 18.3 Å². The van der Waals surface area contributed by atoms with Crippen LogP contribution in [0.2, 0.25) is 0 Å². The molecule has 2 aliphatic heterocycles. The zero-order valence-corrected chi connectivity index (χ0v) is 23.3. The molecule has 38 heavy (non-hydrogen) atoms. The van der Waals surface area contributed by atoms with Gasteiger partial charge in [0, 0.05) is 38.0 Å². The molecule has 0 unspecified atom stereocenters. The predicted molar refractivity (Wildman–Crippen MR) is 132 cm³/mol. The summed E-state index contributed by atoms with van der Waals surface area (Å²) in [5.74, 6) is -3.33. The highest BCUT2D eigenvalue weighted by molar-refractivity contribution is 5.89. The van der Waals surface area contributed by atoms with E-state index in [0.717, 1.165) is 5.57 Å². The Kier molecular flexibility index (Phi) is 7.46. The third kappa shape index (κ3) is 4.33. The highest BCUT2D eigenvalue weighted by Gasteiger charge is 2.87. The monoisotopic (exact) mass is 536 g/mol. The molecule has 0 amide bonds. The number of ether oxygens (including phenoxy) is 5. The number of carbonyl (C=O) groups is 4. The molecule has 10 heteroatoms. The summed E-state index contributed by atoms with van der Waals surface area (Å²) in [6, 6.07) is 0. The van der Waals surface area contributed by atoms with Crippen LogP contribution in [-0.2, 0) is 42.9 Å². The van der Waals surface area contributed by atoms with Crippen LogP contribution < -0.4 is 0 Å². The number of rotatable bonds is 5. The van der Waals surface area contributed by atoms with E-state index in [0.29, 0.717) is 19.3 Å². The summed E-state index contributed by atoms with van der Waals surface area (Å²) in [6.45, 7) is 11.6. The number of fused-ring (bicyclic) bond motifs is 1. The fourth-order valence-electron chi connectivity index (χ4n) is 7.14. The quantitative estimate of drug-likeness (QED) is 0.242. The lowest BCUT2D eigenvalue weighted by molar-refractivity contribution is -0.232. The van der Waals surface area contributed by atoms with Gasteiger partial charge in [-0.3, -0.25) is 14.4 Å². The lowest BCUT2D eigenvalue weighted by Gasteiger charge is -2.56. The first kappa shape index (κ1) is 28.5. The Morgan fingerprint density at radius 1 is 1.11 bits per heavy atom. The van der Waals surface area contributed by atoms with Gasteiger partial charge in [0.15, 0.2) is 17.3 Å². The molecule has 0 aromatic carbocycles. The summed E-state index contributed by atoms with van der Waals surface area (Å²) in [4.78, 5) is 50.8. The van der Waals surface area contributed by atoms with Gasteiger partial charge in [-0.25, -0.2) is 4.79 Å². The molecule has 2 heterocycles. The molecule has 10 atom stereocenters. The maximum absolute atomic E-state index is 13.0. The number of aliphatic hydroxyl groups excluding tert-OH is 1. The Morgan fingerprint density at radius 2 is 1.76 bits per heavy atom. The maximum Gasteiger partial charge on any atom is 0.342 e. The van der Waals surface area contributed by atoms with Crippen molar-refractivity contribution in [3.63, 3.8) is 0 Å². The topological polar surface area (TPSA) is 138 Å². The van der Waals surface area contributed by atoms with Crippen LogP contribution in [0.15, 0.2) is 11.6 Å². The molecule has 2 saturated heterocycles. The van der Waals surface area contributed by atoms with Gasteiger partial charge in [-0.15, -0.1) is 0 Å². The second-order valence-electron chi connectivity index (χ2n) is 11.7. The molecular formula is C28H40O10. The van der Waals surface area contributed by atoms with E-state index in [1.165, 1.54) is 13.8 Å². The molecule has 1 N–H and O–H groups in total. The van der Waals surface area contributed by atoms with Crippen molar-refractivity contribution in [1.82, 2.24) is 0 Å². The molecule has 2 aliphatic carbocycles. The third-order valence-electron chi connectivity index (χ3n) is 9.17. The smallest absolute Gasteiger partial charge is 0.342 e. The van der Waals surface area contributed by atoms with Gasteiger partial charge < -0.3 is 28.8 Å². The van der Waals surface area contributed by atoms with Crippen molar-refractivity contribution >= 4 is 23.9 Å². The Morgan fingerprint density at radius 3 is 2.34 bits per heavy atom. The average molecular weight is 537 g/mol. The highest BCUT2D eigenvalue weighted by atomic mass is 16.7. The Labute approximate surface area is 223 Å². The molecule has 3 fully saturated rings. The molecular weight excluding hydrogens is 496 g/mol. The van der Waals surface area contributed by atoms with Crippen LogP contribution in [0.1, 0.15) is 80.6 Å². The maximum atomic E-state index is 13.0. The van der Waals surface area contributed by atoms with E-state index in [9.17, 15) is 24.3 Å². The average Bonchev–Trinajstić information content (AvgIpc) is 3.40. The molecule has 1 saturated carbocycles. The van der Waals surface area contributed by atoms with Gasteiger partial charge in [-0.2, -0.15) is 0 Å². The van der Waals surface area contributed by atoms with E-state index >= 15 is 0 Å². The van der Waals surface area contributed by atoms with Gasteiger partial charge >= 0.3 is 23.9 Å². The number of hydrogen-bond donors (Lipinski definition) is 1. The molecule has 0 radical (unpaired) electrons. The summed E-state index contributed by atoms with van der Waals surface area (Å²) in [5, 5.41) is 11.2. The van der Waals surface area contributed by atoms with Gasteiger partial charge in [0.2, 0.25) is 0 Å². The van der Waals surface area contributed by atoms with E-state index < -0.39 is 76.9 Å². The first-order valence-corrected chi connectivity index (χ1v) is 13.5. The number of epoxide rings is 1. The standard InChI is InChI=1S/C28H40O10/c1-8-9-22(32)36-19-11-10-14(2)12-21-28(27(7,38-28)25(33)37-21)24(35-17(5)30)23-15(3)18(31)13-20(26(19,23)6)34-16(4)29/h12,15,18-21,23-24,31H,8-11,13H2,1-7H3/b14-12-/t15-,18+,19-,20-,21-,23+,24-,26-,27-,28-/m0/s1. The first-order valence-electron chi connectivity index (χ1n) is 13.5. The number of esters is 4. The van der Waals surface area contributed by atoms with Crippen molar-refractivity contribution in [2.45, 2.75) is 122 Å². The normalized spacial score (nSPS) is 45.2. The van der Waals surface area contributed by atoms with E-state index in [1.54, 1.807) is 6.92 Å². The van der Waals surface area contributed by atoms with E-state index in [-0.39, 0.29) is 18.8 Å². The first-order chi connectivity index (χ1) is 17.7. The van der Waals surface area contributed by atoms with Crippen LogP contribution in [0.25, 0.3) is 0 Å². The zero-order chi connectivity index (χ0) is 28.2. The third-order valence-corrected chi connectivity index (χ3v) is 9.17. The number of allylic oxidation sites excluding steroid dienone is 1. The van der Waals surface area contributed by atoms with Crippen LogP contribution >= 0.6 is 0 Å². The van der Waals surface area contributed by atoms with Crippen LogP contribution in [0, 0.1) is 17.3 Å². The lowest BCUT2D eigenvalue weighted by Crippen LogP contribution is -2.66. The summed E-state index contributed by atoms with van der Waals surface area (Å²) >= 11 is 0. The minimum Gasteiger partial charge on any atom is -0.462 e. The van der Waals surface area contributed by atoms with Gasteiger partial charge in [-0.05, 0) is 45.1 Å². The minimum atomic E-state index is -1.37. The molecule has 1 spiro atoms. The summed E-state index contributed by atoms with van der Waals surface area (Å²) < 4.78 is 29.9. The van der Waals surface area contributed by atoms with E-state index in [2.05, 4.69) is 0 Å². The van der Waals surface area contributed by atoms with Crippen LogP contribution in [0.4, 0.5) is 0 Å². The van der Waals surface area contributed by atoms with E-state index in [1.807, 2.05) is 33.8 Å². The predicted octanol–water partition coefficient (Wildman–Crippen LogP) is 2.78. The van der Waals surface area contributed by atoms with Crippen molar-refractivity contribution in [3.8, 4) is 0 Å². The second-order valence-corrected chi connectivity index (χ2v) is 11.7. The highest BCUT2D eigenvalue weighted by Crippen LogP contribution is 2.65. The fourth-order valence-corrected chi connectivity index (χ4v) is 7.14. The Bertz CT molecular complexity index is 1040. The van der Waals surface area contributed by atoms with Gasteiger partial charge in [0.05, 0.1) is 6.10 Å². The SMILES string of the molecule is CCCC(=O)O[C@H]1CC/C(C)=C\[C@@H]2OC(=O)[C@]3(C)O[C@]23[C@@H](OC(C)=O)[C@H]2[C@@H](C)[C@H](O)C[C@H](OC(C)=O)[C@@]21C. The molecule has 10 nitrogen and oxygen atoms in total. The summed E-state index contributed by atoms with van der Waals surface area (Å²) in [7, 11) is 0. The van der Waals surface area contributed by atoms with Crippen molar-refractivity contribution in [2.75, 3.05) is 0 Å². The molecule has 4 aliphatic rings. The van der Waals surface area contributed by atoms with Gasteiger partial charge in [0.25, 0.3) is 0 Å². The lowest BCUT2D eigenvalue weighted by atomic mass is 9.53. The number of carbonyl (C=O) groups excluding carboxylic acids is 4. The minimum absolute atomic E-state index is 0.112. The van der Waals surface area contributed by atoms with Crippen LogP contribution in [0.5, 0.6) is 0 Å². The van der Waals surface area contributed by atoms with Crippen molar-refractivity contribution < 1.29 is 48.0 Å². The van der Waals surface area contributed by atoms with Crippen molar-refractivity contribution in [3.05, 3.63) is 11.6 Å². The fraction of sp³-hybridized carbons (Fsp3) is 0.786. The van der Waals surface area contributed by atoms with Crippen LogP contribution in [-0.4, -0.2) is 70.7 Å². The number of hydrogen-bond acceptors (Lipinski definition) is 10. The molecule has 0 aromatic heterocycles. The largest absolute Gasteiger partial charge is 0.462 e. The molecule has 0 bridgehead atoms. The Balaban J connectivity index is 1.96. The summed E-state index contributed by atoms with van der Waals surface area (Å²) in [5.41, 5.74) is -2.95. The van der Waals surface area contributed by atoms with Crippen LogP contribution in [0.3, 0.4) is 0 Å². The van der Waals surface area contributed by atoms with E-state index in [4.69, 9.17) is 23.7 Å². The summed E-state index contributed by atoms with van der Waals surface area (Å²) in [6.07, 6.45) is -0.812. The van der Waals surface area contributed by atoms with Crippen molar-refractivity contribution in [2.24, 2.45) is 17.3 Å². The molecule has 4 rings (SSSR count). The second kappa shape index (κ2) is 9.93. The molecule has 0 aromatic rings.